The molecule has 0 spiro atoms. The second-order valence-electron chi connectivity index (χ2n) is 4.79. The van der Waals surface area contributed by atoms with Crippen molar-refractivity contribution in [1.82, 2.24) is 5.32 Å². The highest BCUT2D eigenvalue weighted by atomic mass is 19.1. The van der Waals surface area contributed by atoms with E-state index in [0.29, 0.717) is 5.56 Å². The maximum absolute atomic E-state index is 13.1. The van der Waals surface area contributed by atoms with Crippen LogP contribution in [-0.4, -0.2) is 5.91 Å². The van der Waals surface area contributed by atoms with Crippen LogP contribution in [0.4, 0.5) is 10.1 Å². The van der Waals surface area contributed by atoms with Gasteiger partial charge < -0.3 is 11.1 Å². The number of hydrogen-bond donors (Lipinski definition) is 2. The van der Waals surface area contributed by atoms with Gasteiger partial charge in [-0.15, -0.1) is 0 Å². The van der Waals surface area contributed by atoms with Gasteiger partial charge in [-0.2, -0.15) is 0 Å². The summed E-state index contributed by atoms with van der Waals surface area (Å²) < 4.78 is 13.1. The molecule has 0 aliphatic heterocycles. The van der Waals surface area contributed by atoms with Crippen LogP contribution in [0.3, 0.4) is 0 Å². The lowest BCUT2D eigenvalue weighted by atomic mass is 10.0. The molecule has 1 amide bonds. The smallest absolute Gasteiger partial charge is 0.251 e. The number of nitrogen functional groups attached to an aromatic ring is 1. The summed E-state index contributed by atoms with van der Waals surface area (Å²) in [6, 6.07) is 11.7. The Bertz CT molecular complexity index is 640. The van der Waals surface area contributed by atoms with Crippen molar-refractivity contribution < 1.29 is 9.18 Å². The third-order valence-electron chi connectivity index (χ3n) is 3.26. The highest BCUT2D eigenvalue weighted by Gasteiger charge is 2.13. The zero-order chi connectivity index (χ0) is 14.7. The highest BCUT2D eigenvalue weighted by Crippen LogP contribution is 2.18. The first-order valence-electron chi connectivity index (χ1n) is 6.40. The molecule has 0 aliphatic carbocycles. The predicted octanol–water partition coefficient (Wildman–Crippen LogP) is 3.21. The van der Waals surface area contributed by atoms with Crippen molar-refractivity contribution in [2.24, 2.45) is 0 Å². The van der Waals surface area contributed by atoms with Gasteiger partial charge in [-0.05, 0) is 43.2 Å². The van der Waals surface area contributed by atoms with E-state index in [0.717, 1.165) is 11.1 Å². The molecule has 0 aliphatic rings. The van der Waals surface area contributed by atoms with Gasteiger partial charge in [0.15, 0.2) is 0 Å². The molecular weight excluding hydrogens is 255 g/mol. The Hall–Kier alpha value is -2.36. The number of carbonyl (C=O) groups excluding carboxylic acids is 1. The van der Waals surface area contributed by atoms with Gasteiger partial charge in [-0.3, -0.25) is 4.79 Å². The molecule has 0 radical (unpaired) electrons. The molecule has 0 saturated heterocycles. The van der Waals surface area contributed by atoms with E-state index in [1.165, 1.54) is 18.2 Å². The molecule has 3 nitrogen and oxygen atoms in total. The van der Waals surface area contributed by atoms with Gasteiger partial charge >= 0.3 is 0 Å². The minimum Gasteiger partial charge on any atom is -0.396 e. The molecule has 4 heteroatoms. The lowest BCUT2D eigenvalue weighted by Gasteiger charge is -2.16. The van der Waals surface area contributed by atoms with Crippen molar-refractivity contribution in [2.75, 3.05) is 5.73 Å². The zero-order valence-corrected chi connectivity index (χ0v) is 11.5. The van der Waals surface area contributed by atoms with Crippen LogP contribution in [0.2, 0.25) is 0 Å². The normalized spacial score (nSPS) is 11.9. The molecule has 0 saturated carbocycles. The van der Waals surface area contributed by atoms with Crippen LogP contribution in [0.1, 0.15) is 34.5 Å². The number of nitrogens with two attached hydrogens (primary N) is 1. The third-order valence-corrected chi connectivity index (χ3v) is 3.26. The standard InChI is InChI=1S/C16H17FN2O/c1-10-5-3-4-6-13(10)11(2)19-16(20)12-7-8-14(17)15(18)9-12/h3-9,11H,18H2,1-2H3,(H,19,20). The van der Waals surface area contributed by atoms with E-state index in [1.807, 2.05) is 38.1 Å². The molecule has 0 bridgehead atoms. The quantitative estimate of drug-likeness (QED) is 0.843. The number of amides is 1. The van der Waals surface area contributed by atoms with Crippen LogP contribution in [-0.2, 0) is 0 Å². The minimum atomic E-state index is -0.520. The molecule has 2 rings (SSSR count). The molecule has 2 aromatic carbocycles. The van der Waals surface area contributed by atoms with Crippen molar-refractivity contribution in [3.05, 3.63) is 65.0 Å². The molecule has 1 atom stereocenters. The molecule has 1 unspecified atom stereocenters. The number of aryl methyl sites for hydroxylation is 1. The van der Waals surface area contributed by atoms with E-state index in [4.69, 9.17) is 5.73 Å². The van der Waals surface area contributed by atoms with Crippen LogP contribution in [0.25, 0.3) is 0 Å². The summed E-state index contributed by atoms with van der Waals surface area (Å²) in [7, 11) is 0. The number of halogens is 1. The van der Waals surface area contributed by atoms with Crippen molar-refractivity contribution in [2.45, 2.75) is 19.9 Å². The molecule has 0 fully saturated rings. The summed E-state index contributed by atoms with van der Waals surface area (Å²) in [4.78, 5) is 12.1. The molecule has 0 heterocycles. The van der Waals surface area contributed by atoms with E-state index in [9.17, 15) is 9.18 Å². The Morgan fingerprint density at radius 1 is 1.25 bits per heavy atom. The number of benzene rings is 2. The number of anilines is 1. The maximum atomic E-state index is 13.1. The zero-order valence-electron chi connectivity index (χ0n) is 11.5. The van der Waals surface area contributed by atoms with Crippen molar-refractivity contribution >= 4 is 11.6 Å². The van der Waals surface area contributed by atoms with Crippen molar-refractivity contribution in [3.8, 4) is 0 Å². The molecular formula is C16H17FN2O. The lowest BCUT2D eigenvalue weighted by molar-refractivity contribution is 0.0940. The second kappa shape index (κ2) is 5.74. The topological polar surface area (TPSA) is 55.1 Å². The van der Waals surface area contributed by atoms with Gasteiger partial charge in [0.2, 0.25) is 0 Å². The summed E-state index contributed by atoms with van der Waals surface area (Å²) in [5.41, 5.74) is 7.96. The largest absolute Gasteiger partial charge is 0.396 e. The first-order valence-corrected chi connectivity index (χ1v) is 6.40. The Morgan fingerprint density at radius 3 is 2.60 bits per heavy atom. The predicted molar refractivity (Wildman–Crippen MR) is 77.9 cm³/mol. The number of nitrogens with one attached hydrogen (secondary N) is 1. The van der Waals surface area contributed by atoms with E-state index >= 15 is 0 Å². The van der Waals surface area contributed by atoms with E-state index < -0.39 is 5.82 Å². The fourth-order valence-electron chi connectivity index (χ4n) is 2.12. The Morgan fingerprint density at radius 2 is 1.95 bits per heavy atom. The van der Waals surface area contributed by atoms with Gasteiger partial charge in [0.05, 0.1) is 11.7 Å². The summed E-state index contributed by atoms with van der Waals surface area (Å²) in [6.45, 7) is 3.90. The summed E-state index contributed by atoms with van der Waals surface area (Å²) in [6.07, 6.45) is 0. The van der Waals surface area contributed by atoms with Gasteiger partial charge in [-0.25, -0.2) is 4.39 Å². The second-order valence-corrected chi connectivity index (χ2v) is 4.79. The number of rotatable bonds is 3. The van der Waals surface area contributed by atoms with Crippen LogP contribution in [0, 0.1) is 12.7 Å². The summed E-state index contributed by atoms with van der Waals surface area (Å²) in [5.74, 6) is -0.791. The molecule has 104 valence electrons. The monoisotopic (exact) mass is 272 g/mol. The molecule has 2 aromatic rings. The Balaban J connectivity index is 2.15. The van der Waals surface area contributed by atoms with Crippen molar-refractivity contribution in [3.63, 3.8) is 0 Å². The average molecular weight is 272 g/mol. The molecule has 0 aromatic heterocycles. The maximum Gasteiger partial charge on any atom is 0.251 e. The molecule has 20 heavy (non-hydrogen) atoms. The van der Waals surface area contributed by atoms with E-state index in [2.05, 4.69) is 5.32 Å². The van der Waals surface area contributed by atoms with E-state index in [1.54, 1.807) is 0 Å². The van der Waals surface area contributed by atoms with Gasteiger partial charge in [0.25, 0.3) is 5.91 Å². The number of hydrogen-bond acceptors (Lipinski definition) is 2. The van der Waals surface area contributed by atoms with Gasteiger partial charge in [-0.1, -0.05) is 24.3 Å². The van der Waals surface area contributed by atoms with Crippen LogP contribution >= 0.6 is 0 Å². The third kappa shape index (κ3) is 2.96. The van der Waals surface area contributed by atoms with Crippen molar-refractivity contribution in [1.29, 1.82) is 0 Å². The fraction of sp³-hybridized carbons (Fsp3) is 0.188. The van der Waals surface area contributed by atoms with Crippen LogP contribution < -0.4 is 11.1 Å². The van der Waals surface area contributed by atoms with Gasteiger partial charge in [0, 0.05) is 5.56 Å². The Kier molecular flexibility index (Phi) is 4.03. The summed E-state index contributed by atoms with van der Waals surface area (Å²) in [5, 5.41) is 2.88. The fourth-order valence-corrected chi connectivity index (χ4v) is 2.12. The average Bonchev–Trinajstić information content (AvgIpc) is 2.42. The molecule has 3 N–H and O–H groups in total. The van der Waals surface area contributed by atoms with Gasteiger partial charge in [0.1, 0.15) is 5.82 Å². The Labute approximate surface area is 117 Å². The van der Waals surface area contributed by atoms with Crippen LogP contribution in [0.5, 0.6) is 0 Å². The number of carbonyl (C=O) groups is 1. The SMILES string of the molecule is Cc1ccccc1C(C)NC(=O)c1ccc(F)c(N)c1. The van der Waals surface area contributed by atoms with Crippen LogP contribution in [0.15, 0.2) is 42.5 Å². The highest BCUT2D eigenvalue weighted by molar-refractivity contribution is 5.95. The first kappa shape index (κ1) is 14.1. The van der Waals surface area contributed by atoms with E-state index in [-0.39, 0.29) is 17.6 Å². The minimum absolute atomic E-state index is 0.0267. The lowest BCUT2D eigenvalue weighted by Crippen LogP contribution is -2.27. The summed E-state index contributed by atoms with van der Waals surface area (Å²) >= 11 is 0. The first-order chi connectivity index (χ1) is 9.49.